The second-order valence-corrected chi connectivity index (χ2v) is 26.0. The number of nitrogens with one attached hydrogen (secondary N) is 1. The van der Waals surface area contributed by atoms with E-state index in [1.807, 2.05) is 0 Å². The van der Waals surface area contributed by atoms with E-state index in [-0.39, 0.29) is 18.5 Å². The first-order chi connectivity index (χ1) is 41.0. The third-order valence-electron chi connectivity index (χ3n) is 17.7. The minimum absolute atomic E-state index is 0.00367. The van der Waals surface area contributed by atoms with E-state index >= 15 is 0 Å². The van der Waals surface area contributed by atoms with Crippen molar-refractivity contribution in [3.63, 3.8) is 0 Å². The van der Waals surface area contributed by atoms with Gasteiger partial charge in [0.15, 0.2) is 0 Å². The lowest BCUT2D eigenvalue weighted by molar-refractivity contribution is -0.143. The zero-order chi connectivity index (χ0) is 59.9. The van der Waals surface area contributed by atoms with Gasteiger partial charge >= 0.3 is 5.97 Å². The summed E-state index contributed by atoms with van der Waals surface area (Å²) in [6.45, 7) is 4.96. The van der Waals surface area contributed by atoms with Crippen LogP contribution in [0.3, 0.4) is 0 Å². The summed E-state index contributed by atoms with van der Waals surface area (Å²) in [5.74, 6) is -0.0253. The molecule has 0 aliphatic carbocycles. The molecule has 6 nitrogen and oxygen atoms in total. The lowest BCUT2D eigenvalue weighted by Crippen LogP contribution is -2.45. The number of carbonyl (C=O) groups is 2. The van der Waals surface area contributed by atoms with Gasteiger partial charge in [-0.3, -0.25) is 9.59 Å². The Kier molecular flexibility index (Phi) is 70.9. The van der Waals surface area contributed by atoms with Gasteiger partial charge in [0.1, 0.15) is 0 Å². The first-order valence-electron chi connectivity index (χ1n) is 37.7. The van der Waals surface area contributed by atoms with Crippen molar-refractivity contribution in [2.45, 2.75) is 431 Å². The summed E-state index contributed by atoms with van der Waals surface area (Å²) < 4.78 is 5.49. The number of aliphatic hydroxyl groups excluding tert-OH is 2. The molecule has 0 rings (SSSR count). The highest BCUT2D eigenvalue weighted by Crippen LogP contribution is 2.19. The van der Waals surface area contributed by atoms with Gasteiger partial charge in [-0.05, 0) is 83.5 Å². The van der Waals surface area contributed by atoms with E-state index < -0.39 is 12.1 Å². The SMILES string of the molecule is CCCCC/C=C\C/C=C\CCCCCCCC(=O)OCCCCCCCCCCCCCC/C=C\CCCCCCCCCCCCCCCCC(=O)NC(CO)C(O)CCCCCCCCCCCCCCCCCCCCCCC. The molecule has 2 atom stereocenters. The molecule has 3 N–H and O–H groups in total. The molecule has 0 saturated carbocycles. The van der Waals surface area contributed by atoms with Crippen LogP contribution in [-0.2, 0) is 14.3 Å². The maximum Gasteiger partial charge on any atom is 0.305 e. The molecule has 0 aromatic carbocycles. The fourth-order valence-electron chi connectivity index (χ4n) is 11.9. The van der Waals surface area contributed by atoms with Crippen molar-refractivity contribution in [3.05, 3.63) is 36.5 Å². The number of hydrogen-bond acceptors (Lipinski definition) is 5. The maximum absolute atomic E-state index is 12.6. The van der Waals surface area contributed by atoms with E-state index in [0.29, 0.717) is 25.9 Å². The molecule has 0 heterocycles. The summed E-state index contributed by atoms with van der Waals surface area (Å²) >= 11 is 0. The van der Waals surface area contributed by atoms with Crippen LogP contribution in [0.25, 0.3) is 0 Å². The number of rotatable bonds is 71. The summed E-state index contributed by atoms with van der Waals surface area (Å²) in [5.41, 5.74) is 0. The Bertz CT molecular complexity index is 1340. The van der Waals surface area contributed by atoms with Gasteiger partial charge in [0.25, 0.3) is 0 Å². The molecule has 0 aliphatic rings. The predicted octanol–water partition coefficient (Wildman–Crippen LogP) is 24.7. The molecule has 0 aromatic heterocycles. The summed E-state index contributed by atoms with van der Waals surface area (Å²) in [7, 11) is 0. The van der Waals surface area contributed by atoms with Crippen LogP contribution in [0.2, 0.25) is 0 Å². The average Bonchev–Trinajstić information content (AvgIpc) is 3.49. The van der Waals surface area contributed by atoms with Crippen molar-refractivity contribution in [2.24, 2.45) is 0 Å². The van der Waals surface area contributed by atoms with Gasteiger partial charge in [-0.2, -0.15) is 0 Å². The van der Waals surface area contributed by atoms with E-state index in [9.17, 15) is 19.8 Å². The van der Waals surface area contributed by atoms with Crippen molar-refractivity contribution in [2.75, 3.05) is 13.2 Å². The summed E-state index contributed by atoms with van der Waals surface area (Å²) in [5, 5.41) is 23.4. The van der Waals surface area contributed by atoms with E-state index in [1.165, 1.54) is 334 Å². The summed E-state index contributed by atoms with van der Waals surface area (Å²) in [4.78, 5) is 24.6. The second kappa shape index (κ2) is 72.6. The normalized spacial score (nSPS) is 12.7. The van der Waals surface area contributed by atoms with E-state index in [0.717, 1.165) is 51.4 Å². The minimum Gasteiger partial charge on any atom is -0.466 e. The lowest BCUT2D eigenvalue weighted by atomic mass is 10.0. The quantitative estimate of drug-likeness (QED) is 0.0320. The highest BCUT2D eigenvalue weighted by Gasteiger charge is 2.20. The highest BCUT2D eigenvalue weighted by atomic mass is 16.5. The fourth-order valence-corrected chi connectivity index (χ4v) is 11.9. The molecule has 0 aliphatic heterocycles. The van der Waals surface area contributed by atoms with Crippen molar-refractivity contribution >= 4 is 11.9 Å². The molecular formula is C77H147NO5. The summed E-state index contributed by atoms with van der Waals surface area (Å²) in [6, 6.07) is -0.542. The number of hydrogen-bond donors (Lipinski definition) is 3. The second-order valence-electron chi connectivity index (χ2n) is 26.0. The first-order valence-corrected chi connectivity index (χ1v) is 37.7. The van der Waals surface area contributed by atoms with Crippen molar-refractivity contribution in [3.8, 4) is 0 Å². The number of aliphatic hydroxyl groups is 2. The molecule has 0 fully saturated rings. The van der Waals surface area contributed by atoms with Gasteiger partial charge in [-0.25, -0.2) is 0 Å². The van der Waals surface area contributed by atoms with E-state index in [1.54, 1.807) is 0 Å². The van der Waals surface area contributed by atoms with Crippen molar-refractivity contribution in [1.82, 2.24) is 5.32 Å². The van der Waals surface area contributed by atoms with Crippen molar-refractivity contribution < 1.29 is 24.5 Å². The van der Waals surface area contributed by atoms with Crippen LogP contribution in [0.15, 0.2) is 36.5 Å². The van der Waals surface area contributed by atoms with Crippen molar-refractivity contribution in [1.29, 1.82) is 0 Å². The molecule has 2 unspecified atom stereocenters. The molecule has 0 aromatic rings. The molecular weight excluding hydrogens is 1020 g/mol. The molecule has 6 heteroatoms. The zero-order valence-electron chi connectivity index (χ0n) is 56.2. The largest absolute Gasteiger partial charge is 0.466 e. The number of amides is 1. The number of ether oxygens (including phenoxy) is 1. The van der Waals surface area contributed by atoms with E-state index in [2.05, 4.69) is 55.6 Å². The Hall–Kier alpha value is -1.92. The average molecular weight is 1170 g/mol. The molecule has 0 radical (unpaired) electrons. The van der Waals surface area contributed by atoms with Crippen LogP contribution < -0.4 is 5.32 Å². The Labute approximate surface area is 519 Å². The first kappa shape index (κ1) is 81.1. The smallest absolute Gasteiger partial charge is 0.305 e. The Morgan fingerprint density at radius 2 is 0.602 bits per heavy atom. The minimum atomic E-state index is -0.665. The van der Waals surface area contributed by atoms with Crippen LogP contribution in [0, 0.1) is 0 Å². The van der Waals surface area contributed by atoms with Crippen LogP contribution in [0.4, 0.5) is 0 Å². The van der Waals surface area contributed by atoms with Gasteiger partial charge in [0.05, 0.1) is 25.4 Å². The molecule has 83 heavy (non-hydrogen) atoms. The number of unbranched alkanes of at least 4 members (excludes halogenated alkanes) is 54. The molecule has 0 spiro atoms. The van der Waals surface area contributed by atoms with Gasteiger partial charge in [-0.1, -0.05) is 359 Å². The fraction of sp³-hybridized carbons (Fsp3) is 0.896. The number of esters is 1. The third-order valence-corrected chi connectivity index (χ3v) is 17.7. The van der Waals surface area contributed by atoms with Gasteiger partial charge in [0, 0.05) is 12.8 Å². The standard InChI is InChI=1S/C77H147NO5/c1-3-5-7-9-11-13-15-17-19-20-21-32-35-38-42-45-49-53-57-61-65-69-75(80)74(73-79)78-76(81)70-66-62-58-54-50-46-43-39-36-33-30-28-26-24-22-23-25-27-29-31-34-37-40-44-48-52-56-60-64-68-72-83-77(82)71-67-63-59-55-51-47-41-18-16-14-12-10-8-6-4-2/h12,14,18,23,25,41,74-75,79-80H,3-11,13,15-17,19-22,24,26-40,42-73H2,1-2H3,(H,78,81)/b14-12-,25-23-,41-18-. The van der Waals surface area contributed by atoms with Gasteiger partial charge in [-0.15, -0.1) is 0 Å². The van der Waals surface area contributed by atoms with E-state index in [4.69, 9.17) is 4.74 Å². The van der Waals surface area contributed by atoms with Crippen LogP contribution in [0.1, 0.15) is 418 Å². The Balaban J connectivity index is 3.37. The molecule has 0 bridgehead atoms. The molecule has 490 valence electrons. The lowest BCUT2D eigenvalue weighted by Gasteiger charge is -2.22. The number of allylic oxidation sites excluding steroid dienone is 6. The number of carbonyl (C=O) groups excluding carboxylic acids is 2. The van der Waals surface area contributed by atoms with Crippen LogP contribution in [-0.4, -0.2) is 47.4 Å². The van der Waals surface area contributed by atoms with Crippen LogP contribution >= 0.6 is 0 Å². The van der Waals surface area contributed by atoms with Gasteiger partial charge < -0.3 is 20.3 Å². The summed E-state index contributed by atoms with van der Waals surface area (Å²) in [6.07, 6.45) is 93.5. The topological polar surface area (TPSA) is 95.9 Å². The third kappa shape index (κ3) is 69.1. The molecule has 1 amide bonds. The Morgan fingerprint density at radius 3 is 0.952 bits per heavy atom. The Morgan fingerprint density at radius 1 is 0.337 bits per heavy atom. The monoisotopic (exact) mass is 1170 g/mol. The maximum atomic E-state index is 12.6. The highest BCUT2D eigenvalue weighted by molar-refractivity contribution is 5.76. The van der Waals surface area contributed by atoms with Gasteiger partial charge in [0.2, 0.25) is 5.91 Å². The zero-order valence-corrected chi connectivity index (χ0v) is 56.2. The predicted molar refractivity (Wildman–Crippen MR) is 366 cm³/mol. The van der Waals surface area contributed by atoms with Crippen LogP contribution in [0.5, 0.6) is 0 Å². The molecule has 0 saturated heterocycles.